The number of aromatic nitrogens is 1. The average Bonchev–Trinajstić information content (AvgIpc) is 2.22. The highest BCUT2D eigenvalue weighted by atomic mass is 79.9. The predicted molar refractivity (Wildman–Crippen MR) is 77.9 cm³/mol. The van der Waals surface area contributed by atoms with E-state index in [2.05, 4.69) is 66.8 Å². The molecule has 90 valence electrons. The van der Waals surface area contributed by atoms with Gasteiger partial charge < -0.3 is 0 Å². The van der Waals surface area contributed by atoms with Crippen LogP contribution in [0, 0.1) is 6.92 Å². The van der Waals surface area contributed by atoms with Crippen LogP contribution < -0.4 is 0 Å². The van der Waals surface area contributed by atoms with Crippen molar-refractivity contribution in [2.75, 3.05) is 0 Å². The summed E-state index contributed by atoms with van der Waals surface area (Å²) in [6.45, 7) is 8.48. The Morgan fingerprint density at radius 2 is 1.88 bits per heavy atom. The number of hydrogen-bond donors (Lipinski definition) is 0. The Labute approximate surface area is 115 Å². The largest absolute Gasteiger partial charge is 0.235 e. The first kappa shape index (κ1) is 12.8. The van der Waals surface area contributed by atoms with Crippen molar-refractivity contribution in [3.05, 3.63) is 39.0 Å². The van der Waals surface area contributed by atoms with E-state index in [-0.39, 0.29) is 5.41 Å². The van der Waals surface area contributed by atoms with E-state index >= 15 is 0 Å². The molecule has 0 fully saturated rings. The van der Waals surface area contributed by atoms with Crippen molar-refractivity contribution in [2.24, 2.45) is 0 Å². The van der Waals surface area contributed by atoms with Gasteiger partial charge in [-0.25, -0.2) is 4.98 Å². The minimum absolute atomic E-state index is 0.00956. The Morgan fingerprint density at radius 1 is 1.24 bits per heavy atom. The van der Waals surface area contributed by atoms with E-state index in [4.69, 9.17) is 11.6 Å². The first-order valence-electron chi connectivity index (χ1n) is 5.56. The van der Waals surface area contributed by atoms with E-state index in [1.807, 2.05) is 0 Å². The van der Waals surface area contributed by atoms with Gasteiger partial charge in [0, 0.05) is 9.86 Å². The molecular formula is C14H15BrClN. The molecule has 0 unspecified atom stereocenters. The fourth-order valence-electron chi connectivity index (χ4n) is 1.81. The molecule has 0 atom stereocenters. The van der Waals surface area contributed by atoms with Crippen molar-refractivity contribution in [1.29, 1.82) is 0 Å². The molecule has 0 bridgehead atoms. The Morgan fingerprint density at radius 3 is 2.47 bits per heavy atom. The van der Waals surface area contributed by atoms with Crippen molar-refractivity contribution in [2.45, 2.75) is 33.1 Å². The van der Waals surface area contributed by atoms with Gasteiger partial charge >= 0.3 is 0 Å². The molecule has 2 aromatic rings. The van der Waals surface area contributed by atoms with E-state index in [0.29, 0.717) is 5.15 Å². The van der Waals surface area contributed by atoms with Crippen LogP contribution >= 0.6 is 27.5 Å². The van der Waals surface area contributed by atoms with Gasteiger partial charge in [-0.05, 0) is 45.5 Å². The summed E-state index contributed by atoms with van der Waals surface area (Å²) in [4.78, 5) is 4.52. The molecule has 0 aliphatic carbocycles. The van der Waals surface area contributed by atoms with Crippen LogP contribution in [0.15, 0.2) is 22.7 Å². The van der Waals surface area contributed by atoms with Crippen molar-refractivity contribution in [1.82, 2.24) is 4.98 Å². The lowest BCUT2D eigenvalue weighted by Crippen LogP contribution is -2.12. The van der Waals surface area contributed by atoms with Crippen LogP contribution in [-0.4, -0.2) is 4.98 Å². The number of pyridine rings is 1. The SMILES string of the molecule is Cc1ccc2cc(C(C)(C)C)c(Cl)nc2c1Br. The highest BCUT2D eigenvalue weighted by Gasteiger charge is 2.19. The second-order valence-electron chi connectivity index (χ2n) is 5.34. The number of fused-ring (bicyclic) bond motifs is 1. The number of nitrogens with zero attached hydrogens (tertiary/aromatic N) is 1. The maximum Gasteiger partial charge on any atom is 0.133 e. The van der Waals surface area contributed by atoms with E-state index in [0.717, 1.165) is 20.9 Å². The quantitative estimate of drug-likeness (QED) is 0.605. The van der Waals surface area contributed by atoms with Gasteiger partial charge in [0.15, 0.2) is 0 Å². The normalized spacial score (nSPS) is 12.1. The van der Waals surface area contributed by atoms with Crippen LogP contribution in [0.5, 0.6) is 0 Å². The van der Waals surface area contributed by atoms with Gasteiger partial charge in [-0.15, -0.1) is 0 Å². The van der Waals surface area contributed by atoms with Gasteiger partial charge in [-0.3, -0.25) is 0 Å². The van der Waals surface area contributed by atoms with Crippen molar-refractivity contribution in [3.8, 4) is 0 Å². The fraction of sp³-hybridized carbons (Fsp3) is 0.357. The van der Waals surface area contributed by atoms with Gasteiger partial charge in [-0.1, -0.05) is 44.5 Å². The molecule has 0 radical (unpaired) electrons. The molecule has 0 N–H and O–H groups in total. The van der Waals surface area contributed by atoms with Gasteiger partial charge in [-0.2, -0.15) is 0 Å². The molecule has 3 heteroatoms. The summed E-state index contributed by atoms with van der Waals surface area (Å²) >= 11 is 9.85. The van der Waals surface area contributed by atoms with E-state index < -0.39 is 0 Å². The molecule has 0 aliphatic heterocycles. The van der Waals surface area contributed by atoms with E-state index in [9.17, 15) is 0 Å². The number of hydrogen-bond acceptors (Lipinski definition) is 1. The van der Waals surface area contributed by atoms with Gasteiger partial charge in [0.05, 0.1) is 5.52 Å². The maximum atomic E-state index is 6.28. The standard InChI is InChI=1S/C14H15BrClN/c1-8-5-6-9-7-10(14(2,3)4)13(16)17-12(9)11(8)15/h5-7H,1-4H3. The zero-order chi connectivity index (χ0) is 12.8. The topological polar surface area (TPSA) is 12.9 Å². The summed E-state index contributed by atoms with van der Waals surface area (Å²) in [7, 11) is 0. The van der Waals surface area contributed by atoms with Crippen LogP contribution in [0.4, 0.5) is 0 Å². The summed E-state index contributed by atoms with van der Waals surface area (Å²) in [6.07, 6.45) is 0. The van der Waals surface area contributed by atoms with Crippen LogP contribution in [0.2, 0.25) is 5.15 Å². The van der Waals surface area contributed by atoms with Crippen LogP contribution in [0.3, 0.4) is 0 Å². The predicted octanol–water partition coefficient (Wildman–Crippen LogP) is 5.26. The molecule has 0 saturated heterocycles. The summed E-state index contributed by atoms with van der Waals surface area (Å²) < 4.78 is 1.03. The summed E-state index contributed by atoms with van der Waals surface area (Å²) in [5.41, 5.74) is 3.20. The average molecular weight is 313 g/mol. The molecule has 1 nitrogen and oxygen atoms in total. The Hall–Kier alpha value is -0.600. The number of halogens is 2. The van der Waals surface area contributed by atoms with Gasteiger partial charge in [0.2, 0.25) is 0 Å². The van der Waals surface area contributed by atoms with Gasteiger partial charge in [0.1, 0.15) is 5.15 Å². The molecule has 2 rings (SSSR count). The first-order valence-corrected chi connectivity index (χ1v) is 6.73. The molecule has 0 amide bonds. The molecule has 17 heavy (non-hydrogen) atoms. The third-order valence-corrected chi connectivity index (χ3v) is 4.17. The molecule has 1 aromatic heterocycles. The zero-order valence-electron chi connectivity index (χ0n) is 10.4. The summed E-state index contributed by atoms with van der Waals surface area (Å²) in [6, 6.07) is 6.32. The molecule has 0 aliphatic rings. The second-order valence-corrected chi connectivity index (χ2v) is 6.50. The van der Waals surface area contributed by atoms with Crippen LogP contribution in [0.25, 0.3) is 10.9 Å². The fourth-order valence-corrected chi connectivity index (χ4v) is 2.68. The van der Waals surface area contributed by atoms with Crippen molar-refractivity contribution in [3.63, 3.8) is 0 Å². The smallest absolute Gasteiger partial charge is 0.133 e. The Balaban J connectivity index is 2.80. The Bertz CT molecular complexity index is 585. The molecular weight excluding hydrogens is 298 g/mol. The molecule has 0 spiro atoms. The van der Waals surface area contributed by atoms with Crippen molar-refractivity contribution < 1.29 is 0 Å². The lowest BCUT2D eigenvalue weighted by atomic mass is 9.87. The highest BCUT2D eigenvalue weighted by molar-refractivity contribution is 9.10. The monoisotopic (exact) mass is 311 g/mol. The summed E-state index contributed by atoms with van der Waals surface area (Å²) in [5, 5.41) is 1.72. The highest BCUT2D eigenvalue weighted by Crippen LogP contribution is 2.34. The number of benzene rings is 1. The third kappa shape index (κ3) is 2.34. The van der Waals surface area contributed by atoms with Crippen LogP contribution in [0.1, 0.15) is 31.9 Å². The number of rotatable bonds is 0. The van der Waals surface area contributed by atoms with E-state index in [1.165, 1.54) is 5.56 Å². The number of aryl methyl sites for hydroxylation is 1. The third-order valence-electron chi connectivity index (χ3n) is 2.88. The lowest BCUT2D eigenvalue weighted by Gasteiger charge is -2.20. The molecule has 1 aromatic carbocycles. The minimum atomic E-state index is 0.00956. The van der Waals surface area contributed by atoms with Crippen LogP contribution in [-0.2, 0) is 5.41 Å². The molecule has 1 heterocycles. The maximum absolute atomic E-state index is 6.28. The minimum Gasteiger partial charge on any atom is -0.235 e. The Kier molecular flexibility index (Phi) is 3.21. The lowest BCUT2D eigenvalue weighted by molar-refractivity contribution is 0.589. The van der Waals surface area contributed by atoms with Crippen molar-refractivity contribution >= 4 is 38.4 Å². The summed E-state index contributed by atoms with van der Waals surface area (Å²) in [5.74, 6) is 0. The second kappa shape index (κ2) is 4.25. The van der Waals surface area contributed by atoms with E-state index in [1.54, 1.807) is 0 Å². The zero-order valence-corrected chi connectivity index (χ0v) is 12.8. The molecule has 0 saturated carbocycles. The first-order chi connectivity index (χ1) is 7.80. The van der Waals surface area contributed by atoms with Gasteiger partial charge in [0.25, 0.3) is 0 Å².